The molecule has 0 unspecified atom stereocenters. The van der Waals surface area contributed by atoms with E-state index in [0.29, 0.717) is 0 Å². The van der Waals surface area contributed by atoms with Crippen LogP contribution in [-0.4, -0.2) is 17.5 Å². The first-order valence-electron chi connectivity index (χ1n) is 5.19. The van der Waals surface area contributed by atoms with Crippen LogP contribution in [0.25, 0.3) is 0 Å². The Morgan fingerprint density at radius 2 is 1.87 bits per heavy atom. The summed E-state index contributed by atoms with van der Waals surface area (Å²) in [7, 11) is 0. The van der Waals surface area contributed by atoms with Crippen molar-refractivity contribution in [3.63, 3.8) is 0 Å². The summed E-state index contributed by atoms with van der Waals surface area (Å²) in [6.07, 6.45) is 0. The number of hydrogen-bond acceptors (Lipinski definition) is 3. The molecule has 0 aromatic heterocycles. The van der Waals surface area contributed by atoms with Gasteiger partial charge in [0.05, 0.1) is 6.54 Å². The van der Waals surface area contributed by atoms with Crippen LogP contribution in [0, 0.1) is 20.8 Å². The number of aryl methyl sites for hydroxylation is 3. The molecule has 0 bridgehead atoms. The molecule has 0 amide bonds. The minimum Gasteiger partial charge on any atom is -0.335 e. The molecule has 0 radical (unpaired) electrons. The molecule has 80 valence electrons. The van der Waals surface area contributed by atoms with E-state index < -0.39 is 0 Å². The van der Waals surface area contributed by atoms with Crippen molar-refractivity contribution < 1.29 is 0 Å². The van der Waals surface area contributed by atoms with Crippen LogP contribution < -0.4 is 5.32 Å². The van der Waals surface area contributed by atoms with Crippen molar-refractivity contribution in [2.75, 3.05) is 17.6 Å². The van der Waals surface area contributed by atoms with Crippen molar-refractivity contribution in [1.29, 1.82) is 0 Å². The molecule has 1 heterocycles. The largest absolute Gasteiger partial charge is 0.335 e. The number of benzene rings is 1. The lowest BCUT2D eigenvalue weighted by Gasteiger charge is -2.11. The highest BCUT2D eigenvalue weighted by Crippen LogP contribution is 2.22. The predicted molar refractivity (Wildman–Crippen MR) is 69.0 cm³/mol. The molecule has 0 atom stereocenters. The lowest BCUT2D eigenvalue weighted by molar-refractivity contribution is 1.17. The summed E-state index contributed by atoms with van der Waals surface area (Å²) < 4.78 is 0. The molecule has 2 rings (SSSR count). The molecule has 0 fully saturated rings. The molecule has 1 aromatic rings. The summed E-state index contributed by atoms with van der Waals surface area (Å²) in [5.74, 6) is 1.10. The third-order valence-electron chi connectivity index (χ3n) is 2.67. The predicted octanol–water partition coefficient (Wildman–Crippen LogP) is 3.13. The molecule has 0 spiro atoms. The number of nitrogens with one attached hydrogen (secondary N) is 1. The molecule has 1 aromatic carbocycles. The monoisotopic (exact) mass is 220 g/mol. The van der Waals surface area contributed by atoms with Gasteiger partial charge >= 0.3 is 0 Å². The Balaban J connectivity index is 2.24. The minimum atomic E-state index is 0.941. The number of anilines is 1. The van der Waals surface area contributed by atoms with Crippen LogP contribution in [0.4, 0.5) is 5.69 Å². The first-order chi connectivity index (χ1) is 7.16. The third-order valence-corrected chi connectivity index (χ3v) is 3.56. The Morgan fingerprint density at radius 3 is 2.53 bits per heavy atom. The molecular weight excluding hydrogens is 204 g/mol. The molecule has 1 aliphatic rings. The number of nitrogens with zero attached hydrogens (tertiary/aromatic N) is 1. The zero-order valence-electron chi connectivity index (χ0n) is 9.42. The van der Waals surface area contributed by atoms with Crippen molar-refractivity contribution in [3.8, 4) is 0 Å². The Kier molecular flexibility index (Phi) is 3.00. The van der Waals surface area contributed by atoms with Crippen molar-refractivity contribution in [2.24, 2.45) is 4.99 Å². The van der Waals surface area contributed by atoms with Crippen LogP contribution in [-0.2, 0) is 0 Å². The molecule has 0 saturated carbocycles. The highest BCUT2D eigenvalue weighted by atomic mass is 32.2. The summed E-state index contributed by atoms with van der Waals surface area (Å²) in [4.78, 5) is 4.39. The quantitative estimate of drug-likeness (QED) is 0.786. The molecule has 0 saturated heterocycles. The van der Waals surface area contributed by atoms with E-state index in [-0.39, 0.29) is 0 Å². The minimum absolute atomic E-state index is 0.941. The molecule has 3 heteroatoms. The Bertz CT molecular complexity index is 410. The standard InChI is InChI=1S/C12H16N2S/c1-8-6-10(3)11(7-9(8)2)14-12-13-4-5-15-12/h6-7H,4-5H2,1-3H3,(H,13,14). The van der Waals surface area contributed by atoms with Crippen LogP contribution in [0.3, 0.4) is 0 Å². The van der Waals surface area contributed by atoms with E-state index in [9.17, 15) is 0 Å². The average molecular weight is 220 g/mol. The van der Waals surface area contributed by atoms with Crippen LogP contribution in [0.1, 0.15) is 16.7 Å². The highest BCUT2D eigenvalue weighted by Gasteiger charge is 2.09. The van der Waals surface area contributed by atoms with Crippen molar-refractivity contribution in [1.82, 2.24) is 0 Å². The summed E-state index contributed by atoms with van der Waals surface area (Å²) >= 11 is 1.79. The normalized spacial score (nSPS) is 15.3. The number of thioether (sulfide) groups is 1. The van der Waals surface area contributed by atoms with Crippen LogP contribution in [0.2, 0.25) is 0 Å². The summed E-state index contributed by atoms with van der Waals surface area (Å²) in [6.45, 7) is 7.36. The maximum atomic E-state index is 4.39. The van der Waals surface area contributed by atoms with Crippen LogP contribution in [0.5, 0.6) is 0 Å². The highest BCUT2D eigenvalue weighted by molar-refractivity contribution is 8.14. The van der Waals surface area contributed by atoms with Crippen LogP contribution in [0.15, 0.2) is 17.1 Å². The van der Waals surface area contributed by atoms with Crippen molar-refractivity contribution in [2.45, 2.75) is 20.8 Å². The van der Waals surface area contributed by atoms with Crippen LogP contribution >= 0.6 is 11.8 Å². The van der Waals surface area contributed by atoms with Gasteiger partial charge in [0.2, 0.25) is 0 Å². The molecule has 2 nitrogen and oxygen atoms in total. The van der Waals surface area contributed by atoms with Gasteiger partial charge in [-0.2, -0.15) is 0 Å². The summed E-state index contributed by atoms with van der Waals surface area (Å²) in [6, 6.07) is 4.42. The second-order valence-corrected chi connectivity index (χ2v) is 5.00. The lowest BCUT2D eigenvalue weighted by Crippen LogP contribution is -2.06. The van der Waals surface area contributed by atoms with Gasteiger partial charge in [0, 0.05) is 11.4 Å². The van der Waals surface area contributed by atoms with E-state index in [1.807, 2.05) is 0 Å². The maximum Gasteiger partial charge on any atom is 0.161 e. The fourth-order valence-corrected chi connectivity index (χ4v) is 2.36. The number of rotatable bonds is 1. The molecular formula is C12H16N2S. The smallest absolute Gasteiger partial charge is 0.161 e. The van der Waals surface area contributed by atoms with Crippen molar-refractivity contribution in [3.05, 3.63) is 28.8 Å². The van der Waals surface area contributed by atoms with Gasteiger partial charge in [-0.25, -0.2) is 0 Å². The van der Waals surface area contributed by atoms with Gasteiger partial charge < -0.3 is 5.32 Å². The van der Waals surface area contributed by atoms with Gasteiger partial charge in [0.25, 0.3) is 0 Å². The lowest BCUT2D eigenvalue weighted by atomic mass is 10.1. The zero-order chi connectivity index (χ0) is 10.8. The van der Waals surface area contributed by atoms with E-state index in [2.05, 4.69) is 43.2 Å². The molecule has 1 N–H and O–H groups in total. The Labute approximate surface area is 95.2 Å². The maximum absolute atomic E-state index is 4.39. The average Bonchev–Trinajstić information content (AvgIpc) is 2.67. The molecule has 0 aliphatic carbocycles. The fourth-order valence-electron chi connectivity index (χ4n) is 1.62. The second-order valence-electron chi connectivity index (χ2n) is 3.91. The fraction of sp³-hybridized carbons (Fsp3) is 0.417. The SMILES string of the molecule is Cc1cc(C)c(NC2=NCCS2)cc1C. The van der Waals surface area contributed by atoms with Gasteiger partial charge in [0.1, 0.15) is 0 Å². The van der Waals surface area contributed by atoms with E-state index >= 15 is 0 Å². The molecule has 15 heavy (non-hydrogen) atoms. The Morgan fingerprint density at radius 1 is 1.13 bits per heavy atom. The van der Waals surface area contributed by atoms with E-state index in [4.69, 9.17) is 0 Å². The van der Waals surface area contributed by atoms with Crippen molar-refractivity contribution >= 4 is 22.6 Å². The number of amidine groups is 1. The third kappa shape index (κ3) is 2.34. The summed E-state index contributed by atoms with van der Waals surface area (Å²) in [5.41, 5.74) is 5.14. The van der Waals surface area contributed by atoms with E-state index in [0.717, 1.165) is 17.5 Å². The van der Waals surface area contributed by atoms with E-state index in [1.54, 1.807) is 11.8 Å². The first kappa shape index (κ1) is 10.6. The van der Waals surface area contributed by atoms with Gasteiger partial charge in [-0.3, -0.25) is 4.99 Å². The topological polar surface area (TPSA) is 24.4 Å². The zero-order valence-corrected chi connectivity index (χ0v) is 10.2. The number of aliphatic imine (C=N–C) groups is 1. The second kappa shape index (κ2) is 4.27. The summed E-state index contributed by atoms with van der Waals surface area (Å²) in [5, 5.41) is 4.45. The van der Waals surface area contributed by atoms with Gasteiger partial charge in [-0.1, -0.05) is 17.8 Å². The first-order valence-corrected chi connectivity index (χ1v) is 6.17. The number of hydrogen-bond donors (Lipinski definition) is 1. The molecule has 1 aliphatic heterocycles. The van der Waals surface area contributed by atoms with Gasteiger partial charge in [-0.05, 0) is 43.5 Å². The van der Waals surface area contributed by atoms with Gasteiger partial charge in [0.15, 0.2) is 5.17 Å². The van der Waals surface area contributed by atoms with E-state index in [1.165, 1.54) is 22.4 Å². The van der Waals surface area contributed by atoms with Gasteiger partial charge in [-0.15, -0.1) is 0 Å². The Hall–Kier alpha value is -0.960.